The van der Waals surface area contributed by atoms with Gasteiger partial charge in [0.25, 0.3) is 0 Å². The van der Waals surface area contributed by atoms with Crippen LogP contribution in [0.5, 0.6) is 0 Å². The monoisotopic (exact) mass is 248 g/mol. The fraction of sp³-hybridized carbons (Fsp3) is 0.538. The number of nitrogens with one attached hydrogen (secondary N) is 1. The molecule has 0 saturated carbocycles. The van der Waals surface area contributed by atoms with Crippen LogP contribution in [-0.4, -0.2) is 31.0 Å². The van der Waals surface area contributed by atoms with Gasteiger partial charge in [0, 0.05) is 26.7 Å². The molecule has 1 saturated heterocycles. The number of nitrogens with two attached hydrogens (primary N) is 1. The average molecular weight is 248 g/mol. The van der Waals surface area contributed by atoms with Gasteiger partial charge in [-0.2, -0.15) is 0 Å². The third-order valence-electron chi connectivity index (χ3n) is 3.36. The molecular weight excluding hydrogens is 228 g/mol. The predicted octanol–water partition coefficient (Wildman–Crippen LogP) is 0.503. The summed E-state index contributed by atoms with van der Waals surface area (Å²) < 4.78 is 0. The van der Waals surface area contributed by atoms with E-state index in [0.29, 0.717) is 6.54 Å². The van der Waals surface area contributed by atoms with Crippen molar-refractivity contribution in [3.05, 3.63) is 23.9 Å². The Labute approximate surface area is 107 Å². The zero-order chi connectivity index (χ0) is 13.0. The van der Waals surface area contributed by atoms with Crippen LogP contribution >= 0.6 is 0 Å². The molecule has 2 rings (SSSR count). The van der Waals surface area contributed by atoms with Gasteiger partial charge >= 0.3 is 0 Å². The Kier molecular flexibility index (Phi) is 4.15. The van der Waals surface area contributed by atoms with E-state index in [0.717, 1.165) is 37.4 Å². The van der Waals surface area contributed by atoms with E-state index in [4.69, 9.17) is 5.73 Å². The van der Waals surface area contributed by atoms with Crippen LogP contribution in [0.15, 0.2) is 18.2 Å². The van der Waals surface area contributed by atoms with E-state index in [9.17, 15) is 4.79 Å². The second-order valence-electron chi connectivity index (χ2n) is 4.59. The molecule has 5 nitrogen and oxygen atoms in total. The van der Waals surface area contributed by atoms with Gasteiger partial charge in [-0.25, -0.2) is 4.98 Å². The number of rotatable bonds is 3. The normalized spacial score (nSPS) is 19.7. The maximum Gasteiger partial charge on any atom is 0.224 e. The lowest BCUT2D eigenvalue weighted by molar-refractivity contribution is -0.124. The van der Waals surface area contributed by atoms with Gasteiger partial charge in [-0.1, -0.05) is 6.07 Å². The van der Waals surface area contributed by atoms with E-state index in [1.54, 1.807) is 7.05 Å². The average Bonchev–Trinajstić information content (AvgIpc) is 2.46. The second-order valence-corrected chi connectivity index (χ2v) is 4.59. The van der Waals surface area contributed by atoms with Crippen LogP contribution in [0.3, 0.4) is 0 Å². The number of hydrogen-bond donors (Lipinski definition) is 2. The molecule has 0 aromatic carbocycles. The summed E-state index contributed by atoms with van der Waals surface area (Å²) in [4.78, 5) is 18.4. The summed E-state index contributed by atoms with van der Waals surface area (Å²) in [5, 5.41) is 2.72. The molecule has 1 fully saturated rings. The molecule has 5 heteroatoms. The molecule has 0 aliphatic carbocycles. The molecule has 18 heavy (non-hydrogen) atoms. The molecule has 1 unspecified atom stereocenters. The molecule has 1 amide bonds. The highest BCUT2D eigenvalue weighted by Crippen LogP contribution is 2.21. The van der Waals surface area contributed by atoms with Crippen LogP contribution in [0.1, 0.15) is 18.5 Å². The molecule has 1 atom stereocenters. The lowest BCUT2D eigenvalue weighted by Gasteiger charge is -2.32. The smallest absolute Gasteiger partial charge is 0.224 e. The standard InChI is InChI=1S/C13H20N4O/c1-15-13(18)10-4-3-7-17(9-10)12-6-2-5-11(8-14)16-12/h2,5-6,10H,3-4,7-9,14H2,1H3,(H,15,18). The first-order chi connectivity index (χ1) is 8.74. The minimum Gasteiger partial charge on any atom is -0.359 e. The fourth-order valence-electron chi connectivity index (χ4n) is 2.36. The number of hydrogen-bond acceptors (Lipinski definition) is 4. The van der Waals surface area contributed by atoms with Crippen molar-refractivity contribution in [2.45, 2.75) is 19.4 Å². The summed E-state index contributed by atoms with van der Waals surface area (Å²) in [6.45, 7) is 2.13. The van der Waals surface area contributed by atoms with Crippen molar-refractivity contribution in [2.75, 3.05) is 25.0 Å². The Morgan fingerprint density at radius 3 is 3.17 bits per heavy atom. The van der Waals surface area contributed by atoms with Crippen LogP contribution in [0.2, 0.25) is 0 Å². The molecule has 0 spiro atoms. The number of anilines is 1. The molecule has 98 valence electrons. The first-order valence-electron chi connectivity index (χ1n) is 6.37. The van der Waals surface area contributed by atoms with Crippen molar-refractivity contribution in [1.29, 1.82) is 0 Å². The van der Waals surface area contributed by atoms with Crippen LogP contribution < -0.4 is 16.0 Å². The highest BCUT2D eigenvalue weighted by molar-refractivity contribution is 5.79. The molecule has 1 aliphatic heterocycles. The van der Waals surface area contributed by atoms with Crippen molar-refractivity contribution >= 4 is 11.7 Å². The Hall–Kier alpha value is -1.62. The molecule has 1 aromatic heterocycles. The van der Waals surface area contributed by atoms with Gasteiger partial charge in [0.2, 0.25) is 5.91 Å². The van der Waals surface area contributed by atoms with E-state index in [2.05, 4.69) is 15.2 Å². The van der Waals surface area contributed by atoms with Crippen molar-refractivity contribution < 1.29 is 4.79 Å². The van der Waals surface area contributed by atoms with Crippen LogP contribution in [0.25, 0.3) is 0 Å². The van der Waals surface area contributed by atoms with Gasteiger partial charge in [-0.05, 0) is 25.0 Å². The maximum absolute atomic E-state index is 11.7. The highest BCUT2D eigenvalue weighted by Gasteiger charge is 2.25. The maximum atomic E-state index is 11.7. The van der Waals surface area contributed by atoms with Crippen molar-refractivity contribution in [2.24, 2.45) is 11.7 Å². The number of nitrogens with zero attached hydrogens (tertiary/aromatic N) is 2. The van der Waals surface area contributed by atoms with E-state index in [1.807, 2.05) is 18.2 Å². The van der Waals surface area contributed by atoms with Gasteiger partial charge in [0.05, 0.1) is 11.6 Å². The van der Waals surface area contributed by atoms with E-state index in [1.165, 1.54) is 0 Å². The first-order valence-corrected chi connectivity index (χ1v) is 6.37. The molecule has 3 N–H and O–H groups in total. The summed E-state index contributed by atoms with van der Waals surface area (Å²) in [6.07, 6.45) is 1.97. The Bertz CT molecular complexity index is 421. The topological polar surface area (TPSA) is 71.2 Å². The van der Waals surface area contributed by atoms with Crippen molar-refractivity contribution in [3.63, 3.8) is 0 Å². The van der Waals surface area contributed by atoms with Crippen LogP contribution in [-0.2, 0) is 11.3 Å². The van der Waals surface area contributed by atoms with E-state index in [-0.39, 0.29) is 11.8 Å². The molecule has 0 radical (unpaired) electrons. The Morgan fingerprint density at radius 1 is 1.61 bits per heavy atom. The minimum atomic E-state index is 0.0621. The van der Waals surface area contributed by atoms with Crippen molar-refractivity contribution in [1.82, 2.24) is 10.3 Å². The SMILES string of the molecule is CNC(=O)C1CCCN(c2cccc(CN)n2)C1. The lowest BCUT2D eigenvalue weighted by atomic mass is 9.97. The third-order valence-corrected chi connectivity index (χ3v) is 3.36. The fourth-order valence-corrected chi connectivity index (χ4v) is 2.36. The van der Waals surface area contributed by atoms with E-state index >= 15 is 0 Å². The quantitative estimate of drug-likeness (QED) is 0.817. The van der Waals surface area contributed by atoms with E-state index < -0.39 is 0 Å². The predicted molar refractivity (Wildman–Crippen MR) is 71.1 cm³/mol. The minimum absolute atomic E-state index is 0.0621. The van der Waals surface area contributed by atoms with Gasteiger partial charge in [-0.3, -0.25) is 4.79 Å². The number of piperidine rings is 1. The highest BCUT2D eigenvalue weighted by atomic mass is 16.1. The summed E-state index contributed by atoms with van der Waals surface area (Å²) in [6, 6.07) is 5.86. The summed E-state index contributed by atoms with van der Waals surface area (Å²) in [7, 11) is 1.69. The molecule has 1 aliphatic rings. The summed E-state index contributed by atoms with van der Waals surface area (Å²) >= 11 is 0. The van der Waals surface area contributed by atoms with Gasteiger partial charge < -0.3 is 16.0 Å². The summed E-state index contributed by atoms with van der Waals surface area (Å²) in [5.41, 5.74) is 6.48. The number of pyridine rings is 1. The van der Waals surface area contributed by atoms with Gasteiger partial charge in [-0.15, -0.1) is 0 Å². The zero-order valence-corrected chi connectivity index (χ0v) is 10.7. The number of amides is 1. The number of aromatic nitrogens is 1. The Balaban J connectivity index is 2.10. The molecular formula is C13H20N4O. The molecule has 2 heterocycles. The molecule has 1 aromatic rings. The van der Waals surface area contributed by atoms with Crippen LogP contribution in [0, 0.1) is 5.92 Å². The van der Waals surface area contributed by atoms with Crippen LogP contribution in [0.4, 0.5) is 5.82 Å². The Morgan fingerprint density at radius 2 is 2.44 bits per heavy atom. The summed E-state index contributed by atoms with van der Waals surface area (Å²) in [5.74, 6) is 1.10. The van der Waals surface area contributed by atoms with Crippen molar-refractivity contribution in [3.8, 4) is 0 Å². The van der Waals surface area contributed by atoms with Gasteiger partial charge in [0.15, 0.2) is 0 Å². The zero-order valence-electron chi connectivity index (χ0n) is 10.7. The number of carbonyl (C=O) groups is 1. The first kappa shape index (κ1) is 12.8. The number of carbonyl (C=O) groups excluding carboxylic acids is 1. The second kappa shape index (κ2) is 5.82. The lowest BCUT2D eigenvalue weighted by Crippen LogP contribution is -2.42. The third kappa shape index (κ3) is 2.79. The molecule has 0 bridgehead atoms. The largest absolute Gasteiger partial charge is 0.359 e. The van der Waals surface area contributed by atoms with Gasteiger partial charge in [0.1, 0.15) is 5.82 Å².